The minimum Gasteiger partial charge on any atom is -0.497 e. The monoisotopic (exact) mass is 407 g/mol. The summed E-state index contributed by atoms with van der Waals surface area (Å²) in [5, 5.41) is 0.871. The number of hydrogen-bond acceptors (Lipinski definition) is 4. The normalized spacial score (nSPS) is 10.7. The van der Waals surface area contributed by atoms with Crippen LogP contribution in [0.25, 0.3) is 6.08 Å². The Hall–Kier alpha value is -2.50. The molecule has 0 heterocycles. The second-order valence-corrected chi connectivity index (χ2v) is 6.53. The van der Waals surface area contributed by atoms with Crippen molar-refractivity contribution in [1.82, 2.24) is 4.90 Å². The Balaban J connectivity index is 1.83. The molecule has 0 saturated carbocycles. The first kappa shape index (κ1) is 20.8. The topological polar surface area (TPSA) is 55.8 Å². The number of hydrogen-bond donors (Lipinski definition) is 0. The summed E-state index contributed by atoms with van der Waals surface area (Å²) in [6, 6.07) is 12.4. The van der Waals surface area contributed by atoms with Gasteiger partial charge in [-0.25, -0.2) is 4.79 Å². The van der Waals surface area contributed by atoms with Gasteiger partial charge in [0.25, 0.3) is 5.91 Å². The number of benzene rings is 2. The molecule has 0 unspecified atom stereocenters. The van der Waals surface area contributed by atoms with E-state index < -0.39 is 5.97 Å². The highest BCUT2D eigenvalue weighted by Crippen LogP contribution is 2.23. The number of esters is 1. The van der Waals surface area contributed by atoms with Crippen LogP contribution >= 0.6 is 23.2 Å². The molecule has 2 rings (SSSR count). The molecule has 0 aliphatic rings. The van der Waals surface area contributed by atoms with E-state index in [9.17, 15) is 9.59 Å². The smallest absolute Gasteiger partial charge is 0.331 e. The van der Waals surface area contributed by atoms with Gasteiger partial charge >= 0.3 is 5.97 Å². The maximum absolute atomic E-state index is 12.1. The van der Waals surface area contributed by atoms with Crippen molar-refractivity contribution in [2.24, 2.45) is 0 Å². The van der Waals surface area contributed by atoms with Gasteiger partial charge in [-0.05, 0) is 41.5 Å². The number of nitrogens with zero attached hydrogens (tertiary/aromatic N) is 1. The van der Waals surface area contributed by atoms with Crippen LogP contribution in [-0.2, 0) is 20.9 Å². The summed E-state index contributed by atoms with van der Waals surface area (Å²) in [6.07, 6.45) is 2.86. The Morgan fingerprint density at radius 3 is 2.59 bits per heavy atom. The van der Waals surface area contributed by atoms with Gasteiger partial charge in [0.15, 0.2) is 6.61 Å². The second kappa shape index (κ2) is 10.00. The lowest BCUT2D eigenvalue weighted by atomic mass is 10.2. The third-order valence-electron chi connectivity index (χ3n) is 3.67. The first-order valence-electron chi connectivity index (χ1n) is 8.06. The predicted octanol–water partition coefficient (Wildman–Crippen LogP) is 4.22. The maximum Gasteiger partial charge on any atom is 0.331 e. The summed E-state index contributed by atoms with van der Waals surface area (Å²) in [7, 11) is 3.18. The summed E-state index contributed by atoms with van der Waals surface area (Å²) in [5.41, 5.74) is 1.61. The van der Waals surface area contributed by atoms with Crippen molar-refractivity contribution in [3.05, 3.63) is 69.7 Å². The van der Waals surface area contributed by atoms with E-state index in [1.54, 1.807) is 50.6 Å². The number of amides is 1. The van der Waals surface area contributed by atoms with Crippen LogP contribution in [-0.4, -0.2) is 37.5 Å². The van der Waals surface area contributed by atoms with Crippen molar-refractivity contribution in [2.45, 2.75) is 6.54 Å². The summed E-state index contributed by atoms with van der Waals surface area (Å²) in [4.78, 5) is 25.3. The zero-order chi connectivity index (χ0) is 19.8. The van der Waals surface area contributed by atoms with Crippen LogP contribution in [0.1, 0.15) is 11.1 Å². The van der Waals surface area contributed by atoms with E-state index in [-0.39, 0.29) is 12.5 Å². The highest BCUT2D eigenvalue weighted by molar-refractivity contribution is 6.42. The maximum atomic E-state index is 12.1. The van der Waals surface area contributed by atoms with Crippen molar-refractivity contribution in [2.75, 3.05) is 20.8 Å². The number of ether oxygens (including phenoxy) is 2. The van der Waals surface area contributed by atoms with Gasteiger partial charge in [-0.15, -0.1) is 0 Å². The van der Waals surface area contributed by atoms with E-state index in [1.807, 2.05) is 12.1 Å². The number of methoxy groups -OCH3 is 1. The summed E-state index contributed by atoms with van der Waals surface area (Å²) >= 11 is 11.8. The molecule has 0 N–H and O–H groups in total. The Morgan fingerprint density at radius 2 is 1.89 bits per heavy atom. The number of rotatable bonds is 7. The molecule has 0 radical (unpaired) electrons. The highest BCUT2D eigenvalue weighted by Gasteiger charge is 2.12. The summed E-state index contributed by atoms with van der Waals surface area (Å²) < 4.78 is 10.1. The zero-order valence-corrected chi connectivity index (χ0v) is 16.5. The fourth-order valence-electron chi connectivity index (χ4n) is 2.20. The Kier molecular flexibility index (Phi) is 7.70. The van der Waals surface area contributed by atoms with Crippen molar-refractivity contribution in [3.8, 4) is 5.75 Å². The zero-order valence-electron chi connectivity index (χ0n) is 14.9. The van der Waals surface area contributed by atoms with Crippen LogP contribution in [0.3, 0.4) is 0 Å². The molecule has 2 aromatic carbocycles. The molecule has 27 heavy (non-hydrogen) atoms. The van der Waals surface area contributed by atoms with E-state index in [4.69, 9.17) is 32.7 Å². The van der Waals surface area contributed by atoms with Gasteiger partial charge in [-0.2, -0.15) is 0 Å². The molecule has 0 spiro atoms. The summed E-state index contributed by atoms with van der Waals surface area (Å²) in [6.45, 7) is -0.0218. The molecule has 5 nitrogen and oxygen atoms in total. The van der Waals surface area contributed by atoms with E-state index in [2.05, 4.69) is 0 Å². The molecular weight excluding hydrogens is 389 g/mol. The average molecular weight is 408 g/mol. The Bertz CT molecular complexity index is 852. The minimum absolute atomic E-state index is 0.326. The molecule has 0 aliphatic carbocycles. The van der Waals surface area contributed by atoms with Gasteiger partial charge in [0, 0.05) is 19.7 Å². The molecule has 0 aliphatic heterocycles. The Morgan fingerprint density at radius 1 is 1.11 bits per heavy atom. The first-order chi connectivity index (χ1) is 12.9. The molecule has 0 bridgehead atoms. The average Bonchev–Trinajstić information content (AvgIpc) is 2.67. The van der Waals surface area contributed by atoms with Crippen LogP contribution in [0.15, 0.2) is 48.5 Å². The molecule has 0 fully saturated rings. The third kappa shape index (κ3) is 6.62. The largest absolute Gasteiger partial charge is 0.497 e. The number of carbonyl (C=O) groups excluding carboxylic acids is 2. The van der Waals surface area contributed by atoms with Gasteiger partial charge < -0.3 is 14.4 Å². The van der Waals surface area contributed by atoms with Crippen molar-refractivity contribution in [1.29, 1.82) is 0 Å². The molecule has 7 heteroatoms. The van der Waals surface area contributed by atoms with Gasteiger partial charge in [0.2, 0.25) is 0 Å². The second-order valence-electron chi connectivity index (χ2n) is 5.72. The van der Waals surface area contributed by atoms with E-state index in [0.717, 1.165) is 11.1 Å². The fraction of sp³-hybridized carbons (Fsp3) is 0.200. The minimum atomic E-state index is -0.603. The van der Waals surface area contributed by atoms with Gasteiger partial charge in [-0.1, -0.05) is 41.4 Å². The number of likely N-dealkylation sites (N-methyl/N-ethyl adjacent to an activating group) is 1. The van der Waals surface area contributed by atoms with Gasteiger partial charge in [0.1, 0.15) is 5.75 Å². The lowest BCUT2D eigenvalue weighted by Crippen LogP contribution is -2.30. The molecule has 0 aromatic heterocycles. The lowest BCUT2D eigenvalue weighted by molar-refractivity contribution is -0.147. The van der Waals surface area contributed by atoms with E-state index in [1.165, 1.54) is 11.0 Å². The van der Waals surface area contributed by atoms with Crippen LogP contribution in [0.5, 0.6) is 5.75 Å². The Labute approximate surface area is 168 Å². The molecule has 0 saturated heterocycles. The molecular formula is C20H19Cl2NO4. The van der Waals surface area contributed by atoms with Gasteiger partial charge in [0.05, 0.1) is 17.2 Å². The molecule has 0 atom stereocenters. The highest BCUT2D eigenvalue weighted by atomic mass is 35.5. The van der Waals surface area contributed by atoms with Crippen LogP contribution in [0.4, 0.5) is 0 Å². The van der Waals surface area contributed by atoms with Crippen molar-refractivity contribution in [3.63, 3.8) is 0 Å². The van der Waals surface area contributed by atoms with Crippen LogP contribution < -0.4 is 4.74 Å². The van der Waals surface area contributed by atoms with E-state index in [0.29, 0.717) is 22.3 Å². The standard InChI is InChI=1S/C20H19Cl2NO4/c1-23(12-15-6-8-17(21)18(22)11-15)19(24)13-27-20(25)9-7-14-4-3-5-16(10-14)26-2/h3-11H,12-13H2,1-2H3/b9-7+. The number of halogens is 2. The molecule has 142 valence electrons. The third-order valence-corrected chi connectivity index (χ3v) is 4.41. The van der Waals surface area contributed by atoms with Crippen molar-refractivity contribution < 1.29 is 19.1 Å². The predicted molar refractivity (Wildman–Crippen MR) is 106 cm³/mol. The van der Waals surface area contributed by atoms with Crippen LogP contribution in [0, 0.1) is 0 Å². The van der Waals surface area contributed by atoms with E-state index >= 15 is 0 Å². The van der Waals surface area contributed by atoms with Crippen molar-refractivity contribution >= 4 is 41.2 Å². The fourth-order valence-corrected chi connectivity index (χ4v) is 2.52. The quantitative estimate of drug-likeness (QED) is 0.509. The van der Waals surface area contributed by atoms with Gasteiger partial charge in [-0.3, -0.25) is 4.79 Å². The summed E-state index contributed by atoms with van der Waals surface area (Å²) in [5.74, 6) is -0.247. The molecule has 2 aromatic rings. The van der Waals surface area contributed by atoms with Crippen LogP contribution in [0.2, 0.25) is 10.0 Å². The molecule has 1 amide bonds. The number of carbonyl (C=O) groups is 2. The lowest BCUT2D eigenvalue weighted by Gasteiger charge is -2.17. The first-order valence-corrected chi connectivity index (χ1v) is 8.81. The SMILES string of the molecule is COc1cccc(/C=C/C(=O)OCC(=O)N(C)Cc2ccc(Cl)c(Cl)c2)c1.